The van der Waals surface area contributed by atoms with Gasteiger partial charge in [-0.3, -0.25) is 0 Å². The summed E-state index contributed by atoms with van der Waals surface area (Å²) in [5.41, 5.74) is 2.36. The lowest BCUT2D eigenvalue weighted by atomic mass is 9.99. The summed E-state index contributed by atoms with van der Waals surface area (Å²) in [5.74, 6) is 1.99. The van der Waals surface area contributed by atoms with Gasteiger partial charge in [0, 0.05) is 0 Å². The highest BCUT2D eigenvalue weighted by molar-refractivity contribution is 9.10. The highest BCUT2D eigenvalue weighted by Crippen LogP contribution is 2.30. The average molecular weight is 426 g/mol. The van der Waals surface area contributed by atoms with E-state index in [0.29, 0.717) is 5.92 Å². The van der Waals surface area contributed by atoms with Gasteiger partial charge in [0.2, 0.25) is 0 Å². The Kier molecular flexibility index (Phi) is 6.09. The molecule has 0 aliphatic heterocycles. The van der Waals surface area contributed by atoms with Crippen LogP contribution >= 0.6 is 31.9 Å². The van der Waals surface area contributed by atoms with Crippen molar-refractivity contribution in [2.45, 2.75) is 12.8 Å². The number of allylic oxidation sites excluding steroid dienone is 1. The lowest BCUT2D eigenvalue weighted by molar-refractivity contribution is 0.412. The molecular formula is C18H18Br2O2. The van der Waals surface area contributed by atoms with Crippen LogP contribution in [0.1, 0.15) is 24.0 Å². The van der Waals surface area contributed by atoms with Gasteiger partial charge in [0.05, 0.1) is 23.2 Å². The van der Waals surface area contributed by atoms with Gasteiger partial charge in [-0.25, -0.2) is 0 Å². The van der Waals surface area contributed by atoms with Crippen LogP contribution in [0.3, 0.4) is 0 Å². The molecule has 0 aliphatic rings. The number of ether oxygens (including phenoxy) is 2. The summed E-state index contributed by atoms with van der Waals surface area (Å²) in [6, 6.07) is 12.2. The first-order valence-electron chi connectivity index (χ1n) is 6.90. The monoisotopic (exact) mass is 424 g/mol. The van der Waals surface area contributed by atoms with E-state index in [0.717, 1.165) is 26.0 Å². The molecule has 0 aromatic heterocycles. The largest absolute Gasteiger partial charge is 0.496 e. The van der Waals surface area contributed by atoms with E-state index in [4.69, 9.17) is 9.47 Å². The minimum absolute atomic E-state index is 0.308. The fourth-order valence-corrected chi connectivity index (χ4v) is 3.24. The highest BCUT2D eigenvalue weighted by Gasteiger charge is 2.06. The van der Waals surface area contributed by atoms with Crippen molar-refractivity contribution >= 4 is 37.9 Å². The molecule has 22 heavy (non-hydrogen) atoms. The van der Waals surface area contributed by atoms with Crippen molar-refractivity contribution in [3.05, 3.63) is 62.5 Å². The summed E-state index contributed by atoms with van der Waals surface area (Å²) in [7, 11) is 3.34. The third-order valence-corrected chi connectivity index (χ3v) is 4.69. The van der Waals surface area contributed by atoms with Gasteiger partial charge in [0.1, 0.15) is 11.5 Å². The molecule has 0 fully saturated rings. The van der Waals surface area contributed by atoms with Gasteiger partial charge in [0.25, 0.3) is 0 Å². The molecule has 0 heterocycles. The summed E-state index contributed by atoms with van der Waals surface area (Å²) in [5, 5.41) is 0. The number of methoxy groups -OCH3 is 2. The average Bonchev–Trinajstić information content (AvgIpc) is 2.52. The van der Waals surface area contributed by atoms with Crippen molar-refractivity contribution in [1.29, 1.82) is 0 Å². The molecule has 2 aromatic carbocycles. The summed E-state index contributed by atoms with van der Waals surface area (Å²) in [4.78, 5) is 0. The first kappa shape index (κ1) is 17.1. The predicted octanol–water partition coefficient (Wildman–Crippen LogP) is 6.05. The van der Waals surface area contributed by atoms with Gasteiger partial charge in [-0.1, -0.05) is 31.2 Å². The van der Waals surface area contributed by atoms with Crippen LogP contribution in [0, 0.1) is 0 Å². The van der Waals surface area contributed by atoms with Gasteiger partial charge in [0.15, 0.2) is 0 Å². The van der Waals surface area contributed by atoms with E-state index in [9.17, 15) is 0 Å². The summed E-state index contributed by atoms with van der Waals surface area (Å²) < 4.78 is 12.4. The molecule has 2 nitrogen and oxygen atoms in total. The van der Waals surface area contributed by atoms with Gasteiger partial charge in [-0.2, -0.15) is 0 Å². The predicted molar refractivity (Wildman–Crippen MR) is 98.8 cm³/mol. The van der Waals surface area contributed by atoms with Crippen molar-refractivity contribution < 1.29 is 9.47 Å². The molecule has 0 bridgehead atoms. The minimum atomic E-state index is 0.308. The second-order valence-corrected chi connectivity index (χ2v) is 6.64. The van der Waals surface area contributed by atoms with Crippen molar-refractivity contribution in [1.82, 2.24) is 0 Å². The van der Waals surface area contributed by atoms with Crippen LogP contribution in [0.5, 0.6) is 11.5 Å². The molecule has 0 amide bonds. The van der Waals surface area contributed by atoms with Gasteiger partial charge in [-0.15, -0.1) is 0 Å². The quantitative estimate of drug-likeness (QED) is 0.580. The van der Waals surface area contributed by atoms with Crippen molar-refractivity contribution in [3.8, 4) is 11.5 Å². The van der Waals surface area contributed by atoms with E-state index in [2.05, 4.69) is 63.1 Å². The highest BCUT2D eigenvalue weighted by atomic mass is 79.9. The Morgan fingerprint density at radius 3 is 2.05 bits per heavy atom. The fourth-order valence-electron chi connectivity index (χ4n) is 2.12. The number of hydrogen-bond acceptors (Lipinski definition) is 2. The van der Waals surface area contributed by atoms with E-state index in [1.165, 1.54) is 5.56 Å². The zero-order valence-electron chi connectivity index (χ0n) is 12.8. The summed E-state index contributed by atoms with van der Waals surface area (Å²) in [6.45, 7) is 2.17. The Hall–Kier alpha value is -1.26. The molecule has 4 heteroatoms. The molecule has 0 saturated heterocycles. The molecule has 1 unspecified atom stereocenters. The van der Waals surface area contributed by atoms with E-state index in [1.807, 2.05) is 24.3 Å². The topological polar surface area (TPSA) is 18.5 Å². The Morgan fingerprint density at radius 1 is 0.909 bits per heavy atom. The Morgan fingerprint density at radius 2 is 1.50 bits per heavy atom. The van der Waals surface area contributed by atoms with Crippen molar-refractivity contribution in [3.63, 3.8) is 0 Å². The molecule has 0 radical (unpaired) electrons. The van der Waals surface area contributed by atoms with Crippen LogP contribution in [0.15, 0.2) is 51.4 Å². The van der Waals surface area contributed by atoms with Gasteiger partial charge < -0.3 is 9.47 Å². The Bertz CT molecular complexity index is 681. The third-order valence-electron chi connectivity index (χ3n) is 3.45. The summed E-state index contributed by atoms with van der Waals surface area (Å²) >= 11 is 7.03. The summed E-state index contributed by atoms with van der Waals surface area (Å²) in [6.07, 6.45) is 4.30. The number of rotatable bonds is 5. The number of hydrogen-bond donors (Lipinski definition) is 0. The molecule has 116 valence electrons. The first-order valence-corrected chi connectivity index (χ1v) is 8.49. The maximum absolute atomic E-state index is 5.26. The first-order chi connectivity index (χ1) is 10.5. The normalized spacial score (nSPS) is 12.4. The minimum Gasteiger partial charge on any atom is -0.496 e. The third kappa shape index (κ3) is 4.14. The second kappa shape index (κ2) is 7.84. The van der Waals surface area contributed by atoms with E-state index >= 15 is 0 Å². The molecule has 0 aliphatic carbocycles. The molecule has 0 spiro atoms. The molecule has 2 rings (SSSR count). The maximum Gasteiger partial charge on any atom is 0.133 e. The van der Waals surface area contributed by atoms with Crippen LogP contribution < -0.4 is 9.47 Å². The van der Waals surface area contributed by atoms with Crippen LogP contribution in [0.4, 0.5) is 0 Å². The van der Waals surface area contributed by atoms with E-state index < -0.39 is 0 Å². The molecular weight excluding hydrogens is 408 g/mol. The van der Waals surface area contributed by atoms with Crippen LogP contribution in [0.25, 0.3) is 6.08 Å². The maximum atomic E-state index is 5.26. The Balaban J connectivity index is 2.15. The fraction of sp³-hybridized carbons (Fsp3) is 0.222. The van der Waals surface area contributed by atoms with Gasteiger partial charge >= 0.3 is 0 Å². The molecule has 2 aromatic rings. The molecule has 0 saturated carbocycles. The zero-order valence-corrected chi connectivity index (χ0v) is 15.9. The standard InChI is InChI=1S/C18H18Br2O2/c1-12(14-7-9-18(22-3)16(20)11-14)4-5-13-6-8-17(21-2)15(19)10-13/h4-12H,1-3H3/b5-4+. The van der Waals surface area contributed by atoms with Crippen LogP contribution in [-0.2, 0) is 0 Å². The lowest BCUT2D eigenvalue weighted by Gasteiger charge is -2.10. The van der Waals surface area contributed by atoms with Crippen molar-refractivity contribution in [2.75, 3.05) is 14.2 Å². The molecule has 0 N–H and O–H groups in total. The van der Waals surface area contributed by atoms with Gasteiger partial charge in [-0.05, 0) is 73.2 Å². The van der Waals surface area contributed by atoms with Crippen LogP contribution in [-0.4, -0.2) is 14.2 Å². The SMILES string of the molecule is COc1ccc(/C=C/C(C)c2ccc(OC)c(Br)c2)cc1Br. The zero-order chi connectivity index (χ0) is 16.1. The van der Waals surface area contributed by atoms with E-state index in [-0.39, 0.29) is 0 Å². The van der Waals surface area contributed by atoms with Crippen molar-refractivity contribution in [2.24, 2.45) is 0 Å². The smallest absolute Gasteiger partial charge is 0.133 e. The number of benzene rings is 2. The van der Waals surface area contributed by atoms with Crippen LogP contribution in [0.2, 0.25) is 0 Å². The van der Waals surface area contributed by atoms with E-state index in [1.54, 1.807) is 14.2 Å². The number of halogens is 2. The Labute approximate surface area is 148 Å². The lowest BCUT2D eigenvalue weighted by Crippen LogP contribution is -1.91. The molecule has 1 atom stereocenters. The second-order valence-electron chi connectivity index (χ2n) is 4.94.